The maximum Gasteiger partial charge on any atom is 0.119 e. The predicted octanol–water partition coefficient (Wildman–Crippen LogP) is 2.45. The number of hydrogen-bond donors (Lipinski definition) is 0. The van der Waals surface area contributed by atoms with Crippen LogP contribution in [0.4, 0.5) is 0 Å². The van der Waals surface area contributed by atoms with E-state index in [0.717, 1.165) is 16.8 Å². The zero-order valence-electron chi connectivity index (χ0n) is 8.29. The summed E-state index contributed by atoms with van der Waals surface area (Å²) in [6.45, 7) is 2.25. The first-order chi connectivity index (χ1) is 6.83. The van der Waals surface area contributed by atoms with Crippen LogP contribution >= 0.6 is 22.6 Å². The van der Waals surface area contributed by atoms with Crippen molar-refractivity contribution in [3.63, 3.8) is 0 Å². The van der Waals surface area contributed by atoms with E-state index in [2.05, 4.69) is 45.7 Å². The van der Waals surface area contributed by atoms with Gasteiger partial charge >= 0.3 is 0 Å². The third-order valence-electron chi connectivity index (χ3n) is 2.67. The van der Waals surface area contributed by atoms with Crippen molar-refractivity contribution in [2.24, 2.45) is 0 Å². The lowest BCUT2D eigenvalue weighted by molar-refractivity contribution is 0.305. The predicted molar refractivity (Wildman–Crippen MR) is 66.0 cm³/mol. The number of halogens is 1. The fourth-order valence-corrected chi connectivity index (χ4v) is 2.40. The first kappa shape index (κ1) is 10.2. The van der Waals surface area contributed by atoms with Gasteiger partial charge in [-0.05, 0) is 29.7 Å². The normalized spacial score (nSPS) is 16.4. The Hall–Kier alpha value is -0.290. The molecule has 0 amide bonds. The molecule has 0 atom stereocenters. The molecule has 0 radical (unpaired) electrons. The average Bonchev–Trinajstić information content (AvgIpc) is 2.27. The van der Waals surface area contributed by atoms with Crippen LogP contribution in [0, 0.1) is 0 Å². The van der Waals surface area contributed by atoms with E-state index in [9.17, 15) is 0 Å². The lowest BCUT2D eigenvalue weighted by Crippen LogP contribution is -2.29. The molecule has 3 heteroatoms. The molecule has 0 unspecified atom stereocenters. The van der Waals surface area contributed by atoms with Gasteiger partial charge in [-0.2, -0.15) is 0 Å². The lowest BCUT2D eigenvalue weighted by atomic mass is 10.00. The molecule has 14 heavy (non-hydrogen) atoms. The van der Waals surface area contributed by atoms with E-state index in [-0.39, 0.29) is 0 Å². The zero-order valence-corrected chi connectivity index (χ0v) is 10.5. The van der Waals surface area contributed by atoms with E-state index in [0.29, 0.717) is 0 Å². The summed E-state index contributed by atoms with van der Waals surface area (Å²) in [6.07, 6.45) is 1.17. The number of rotatable bonds is 2. The molecule has 0 N–H and O–H groups in total. The second-order valence-corrected chi connectivity index (χ2v) is 4.24. The van der Waals surface area contributed by atoms with Crippen molar-refractivity contribution in [1.82, 2.24) is 4.90 Å². The molecule has 0 aromatic heterocycles. The summed E-state index contributed by atoms with van der Waals surface area (Å²) in [4.78, 5) is 2.45. The highest BCUT2D eigenvalue weighted by Crippen LogP contribution is 2.23. The molecule has 2 nitrogen and oxygen atoms in total. The fourth-order valence-electron chi connectivity index (χ4n) is 1.82. The number of fused-ring (bicyclic) bond motifs is 1. The fraction of sp³-hybridized carbons (Fsp3) is 0.455. The summed E-state index contributed by atoms with van der Waals surface area (Å²) in [5, 5.41) is 0. The van der Waals surface area contributed by atoms with Gasteiger partial charge in [-0.25, -0.2) is 0 Å². The van der Waals surface area contributed by atoms with Crippen molar-refractivity contribution in [2.45, 2.75) is 13.0 Å². The maximum atomic E-state index is 5.23. The molecule has 1 heterocycles. The average molecular weight is 303 g/mol. The van der Waals surface area contributed by atoms with Gasteiger partial charge in [0.2, 0.25) is 0 Å². The molecule has 1 aliphatic heterocycles. The van der Waals surface area contributed by atoms with Crippen molar-refractivity contribution in [3.8, 4) is 5.75 Å². The van der Waals surface area contributed by atoms with Crippen molar-refractivity contribution >= 4 is 22.6 Å². The number of alkyl halides is 1. The zero-order chi connectivity index (χ0) is 9.97. The maximum absolute atomic E-state index is 5.23. The van der Waals surface area contributed by atoms with Crippen molar-refractivity contribution < 1.29 is 4.74 Å². The molecule has 0 fully saturated rings. The summed E-state index contributed by atoms with van der Waals surface area (Å²) >= 11 is 2.42. The first-order valence-electron chi connectivity index (χ1n) is 4.77. The van der Waals surface area contributed by atoms with E-state index >= 15 is 0 Å². The minimum absolute atomic E-state index is 0.971. The van der Waals surface area contributed by atoms with Gasteiger partial charge in [-0.3, -0.25) is 4.90 Å². The monoisotopic (exact) mass is 303 g/mol. The third kappa shape index (κ3) is 2.03. The van der Waals surface area contributed by atoms with Gasteiger partial charge in [0.15, 0.2) is 0 Å². The Balaban J connectivity index is 2.25. The number of methoxy groups -OCH3 is 1. The van der Waals surface area contributed by atoms with Crippen LogP contribution in [0.3, 0.4) is 0 Å². The number of hydrogen-bond acceptors (Lipinski definition) is 2. The second kappa shape index (κ2) is 4.49. The highest BCUT2D eigenvalue weighted by Gasteiger charge is 2.15. The smallest absolute Gasteiger partial charge is 0.119 e. The molecule has 1 aromatic carbocycles. The molecule has 0 saturated heterocycles. The Morgan fingerprint density at radius 2 is 2.29 bits per heavy atom. The van der Waals surface area contributed by atoms with Crippen LogP contribution in [-0.4, -0.2) is 23.1 Å². The van der Waals surface area contributed by atoms with Crippen molar-refractivity contribution in [3.05, 3.63) is 29.3 Å². The van der Waals surface area contributed by atoms with Gasteiger partial charge in [0.1, 0.15) is 5.75 Å². The minimum Gasteiger partial charge on any atom is -0.497 e. The Kier molecular flexibility index (Phi) is 3.28. The third-order valence-corrected chi connectivity index (χ3v) is 3.64. The second-order valence-electron chi connectivity index (χ2n) is 3.56. The van der Waals surface area contributed by atoms with Gasteiger partial charge < -0.3 is 4.74 Å². The van der Waals surface area contributed by atoms with Crippen molar-refractivity contribution in [1.29, 1.82) is 0 Å². The van der Waals surface area contributed by atoms with Gasteiger partial charge in [-0.1, -0.05) is 28.7 Å². The van der Waals surface area contributed by atoms with Gasteiger partial charge in [0.05, 0.1) is 11.7 Å². The molecule has 1 aliphatic rings. The standard InChI is InChI=1S/C11H14INO/c1-14-11-3-2-9-4-5-13(8-12)7-10(9)6-11/h2-3,6H,4-5,7-8H2,1H3. The molecule has 0 spiro atoms. The van der Waals surface area contributed by atoms with E-state index < -0.39 is 0 Å². The highest BCUT2D eigenvalue weighted by atomic mass is 127. The molecule has 1 aromatic rings. The topological polar surface area (TPSA) is 12.5 Å². The minimum atomic E-state index is 0.971. The summed E-state index contributed by atoms with van der Waals surface area (Å²) in [7, 11) is 1.72. The van der Waals surface area contributed by atoms with Crippen LogP contribution in [0.5, 0.6) is 5.75 Å². The lowest BCUT2D eigenvalue weighted by Gasteiger charge is -2.27. The highest BCUT2D eigenvalue weighted by molar-refractivity contribution is 14.1. The number of ether oxygens (including phenoxy) is 1. The van der Waals surface area contributed by atoms with E-state index in [1.165, 1.54) is 24.1 Å². The Morgan fingerprint density at radius 3 is 3.00 bits per heavy atom. The summed E-state index contributed by atoms with van der Waals surface area (Å²) in [5.41, 5.74) is 2.90. The van der Waals surface area contributed by atoms with Crippen LogP contribution in [0.2, 0.25) is 0 Å². The van der Waals surface area contributed by atoms with Crippen LogP contribution < -0.4 is 4.74 Å². The Bertz CT molecular complexity index is 327. The molecule has 0 saturated carbocycles. The van der Waals surface area contributed by atoms with Crippen LogP contribution in [0.1, 0.15) is 11.1 Å². The van der Waals surface area contributed by atoms with Gasteiger partial charge in [0, 0.05) is 13.1 Å². The van der Waals surface area contributed by atoms with Gasteiger partial charge in [0.25, 0.3) is 0 Å². The molecule has 76 valence electrons. The Morgan fingerprint density at radius 1 is 1.43 bits per heavy atom. The number of nitrogens with zero attached hydrogens (tertiary/aromatic N) is 1. The van der Waals surface area contributed by atoms with Gasteiger partial charge in [-0.15, -0.1) is 0 Å². The van der Waals surface area contributed by atoms with E-state index in [1.54, 1.807) is 7.11 Å². The van der Waals surface area contributed by atoms with E-state index in [4.69, 9.17) is 4.74 Å². The first-order valence-corrected chi connectivity index (χ1v) is 6.30. The van der Waals surface area contributed by atoms with Crippen molar-refractivity contribution in [2.75, 3.05) is 18.2 Å². The molecular weight excluding hydrogens is 289 g/mol. The van der Waals surface area contributed by atoms with E-state index in [1.807, 2.05) is 0 Å². The number of benzene rings is 1. The summed E-state index contributed by atoms with van der Waals surface area (Å²) < 4.78 is 6.33. The molecule has 0 aliphatic carbocycles. The molecular formula is C11H14INO. The SMILES string of the molecule is COc1ccc2c(c1)CN(CI)CC2. The molecule has 2 rings (SSSR count). The van der Waals surface area contributed by atoms with Crippen LogP contribution in [0.15, 0.2) is 18.2 Å². The summed E-state index contributed by atoms with van der Waals surface area (Å²) in [5.74, 6) is 0.971. The molecule has 0 bridgehead atoms. The van der Waals surface area contributed by atoms with Crippen LogP contribution in [0.25, 0.3) is 0 Å². The Labute approximate surface area is 98.4 Å². The quantitative estimate of drug-likeness (QED) is 0.473. The summed E-state index contributed by atoms with van der Waals surface area (Å²) in [6, 6.07) is 6.41. The van der Waals surface area contributed by atoms with Crippen LogP contribution in [-0.2, 0) is 13.0 Å². The largest absolute Gasteiger partial charge is 0.497 e.